The van der Waals surface area contributed by atoms with Crippen LogP contribution in [0, 0.1) is 5.82 Å². The highest BCUT2D eigenvalue weighted by molar-refractivity contribution is 5.66. The molecule has 0 fully saturated rings. The lowest BCUT2D eigenvalue weighted by atomic mass is 10.1. The lowest BCUT2D eigenvalue weighted by molar-refractivity contribution is 0.346. The Bertz CT molecular complexity index is 841. The molecule has 0 amide bonds. The van der Waals surface area contributed by atoms with E-state index in [1.165, 1.54) is 6.07 Å². The largest absolute Gasteiger partial charge is 0.296 e. The van der Waals surface area contributed by atoms with Gasteiger partial charge in [-0.05, 0) is 30.8 Å². The molecule has 0 atom stereocenters. The monoisotopic (exact) mass is 308 g/mol. The highest BCUT2D eigenvalue weighted by Gasteiger charge is 2.27. The van der Waals surface area contributed by atoms with Crippen molar-refractivity contribution >= 4 is 0 Å². The van der Waals surface area contributed by atoms with Gasteiger partial charge in [-0.3, -0.25) is 14.6 Å². The Hall–Kier alpha value is -2.53. The first-order valence-electron chi connectivity index (χ1n) is 7.63. The zero-order valence-corrected chi connectivity index (χ0v) is 12.9. The summed E-state index contributed by atoms with van der Waals surface area (Å²) >= 11 is 0. The van der Waals surface area contributed by atoms with E-state index in [-0.39, 0.29) is 5.82 Å². The molecule has 23 heavy (non-hydrogen) atoms. The summed E-state index contributed by atoms with van der Waals surface area (Å²) in [5.74, 6) is -0.211. The summed E-state index contributed by atoms with van der Waals surface area (Å²) in [5.41, 5.74) is 4.71. The van der Waals surface area contributed by atoms with Crippen molar-refractivity contribution < 1.29 is 4.39 Å². The zero-order chi connectivity index (χ0) is 15.8. The van der Waals surface area contributed by atoms with Gasteiger partial charge >= 0.3 is 0 Å². The van der Waals surface area contributed by atoms with Gasteiger partial charge in [-0.25, -0.2) is 4.39 Å². The van der Waals surface area contributed by atoms with E-state index < -0.39 is 0 Å². The summed E-state index contributed by atoms with van der Waals surface area (Å²) in [4.78, 5) is 6.34. The van der Waals surface area contributed by atoms with Crippen LogP contribution in [-0.2, 0) is 19.6 Å². The van der Waals surface area contributed by atoms with Crippen LogP contribution in [0.15, 0.2) is 48.8 Å². The van der Waals surface area contributed by atoms with Gasteiger partial charge in [-0.15, -0.1) is 0 Å². The Morgan fingerprint density at radius 1 is 1.13 bits per heavy atom. The summed E-state index contributed by atoms with van der Waals surface area (Å²) in [5, 5.41) is 4.73. The number of hydrogen-bond acceptors (Lipinski definition) is 3. The maximum absolute atomic E-state index is 14.4. The average Bonchev–Trinajstić information content (AvgIpc) is 3.05. The smallest absolute Gasteiger partial charge is 0.132 e. The molecule has 0 N–H and O–H groups in total. The lowest BCUT2D eigenvalue weighted by Crippen LogP contribution is -2.13. The van der Waals surface area contributed by atoms with E-state index in [1.54, 1.807) is 12.3 Å². The van der Waals surface area contributed by atoms with E-state index in [9.17, 15) is 4.39 Å². The number of halogens is 1. The zero-order valence-electron chi connectivity index (χ0n) is 12.9. The minimum absolute atomic E-state index is 0.211. The minimum Gasteiger partial charge on any atom is -0.296 e. The van der Waals surface area contributed by atoms with Crippen LogP contribution < -0.4 is 0 Å². The van der Waals surface area contributed by atoms with Gasteiger partial charge in [0.05, 0.1) is 17.9 Å². The van der Waals surface area contributed by atoms with Crippen LogP contribution in [-0.4, -0.2) is 26.7 Å². The molecular weight excluding hydrogens is 291 g/mol. The van der Waals surface area contributed by atoms with Crippen LogP contribution in [0.2, 0.25) is 0 Å². The maximum atomic E-state index is 14.4. The Balaban J connectivity index is 1.84. The standard InChI is InChI=1S/C18H17FN4/c1-22-11-15-17(12-22)21-23(10-13-5-4-8-20-9-13)18(15)14-6-2-3-7-16(14)19/h2-9H,10-12H2,1H3. The lowest BCUT2D eigenvalue weighted by Gasteiger charge is -2.13. The number of fused-ring (bicyclic) bond motifs is 1. The molecule has 0 spiro atoms. The fraction of sp³-hybridized carbons (Fsp3) is 0.222. The molecule has 5 heteroatoms. The molecule has 2 aromatic heterocycles. The second kappa shape index (κ2) is 5.59. The van der Waals surface area contributed by atoms with Gasteiger partial charge in [0.25, 0.3) is 0 Å². The first kappa shape index (κ1) is 14.1. The Morgan fingerprint density at radius 3 is 2.78 bits per heavy atom. The highest BCUT2D eigenvalue weighted by Crippen LogP contribution is 2.33. The molecule has 0 unspecified atom stereocenters. The van der Waals surface area contributed by atoms with Crippen molar-refractivity contribution in [2.45, 2.75) is 19.6 Å². The normalized spacial score (nSPS) is 14.2. The molecule has 0 aliphatic carbocycles. The number of hydrogen-bond donors (Lipinski definition) is 0. The number of aromatic nitrogens is 3. The molecule has 3 heterocycles. The number of benzene rings is 1. The second-order valence-corrected chi connectivity index (χ2v) is 5.94. The van der Waals surface area contributed by atoms with Crippen molar-refractivity contribution in [1.82, 2.24) is 19.7 Å². The molecule has 1 aromatic carbocycles. The molecule has 1 aliphatic heterocycles. The third kappa shape index (κ3) is 2.53. The van der Waals surface area contributed by atoms with Crippen LogP contribution in [0.5, 0.6) is 0 Å². The van der Waals surface area contributed by atoms with Crippen molar-refractivity contribution in [2.75, 3.05) is 7.05 Å². The number of rotatable bonds is 3. The van der Waals surface area contributed by atoms with Gasteiger partial charge in [0.15, 0.2) is 0 Å². The van der Waals surface area contributed by atoms with Crippen LogP contribution in [0.1, 0.15) is 16.8 Å². The minimum atomic E-state index is -0.211. The van der Waals surface area contributed by atoms with Crippen molar-refractivity contribution in [3.05, 3.63) is 71.4 Å². The third-order valence-electron chi connectivity index (χ3n) is 4.17. The Kier molecular flexibility index (Phi) is 3.42. The molecular formula is C18H17FN4. The number of nitrogens with zero attached hydrogens (tertiary/aromatic N) is 4. The van der Waals surface area contributed by atoms with E-state index >= 15 is 0 Å². The molecule has 4 rings (SSSR count). The average molecular weight is 308 g/mol. The first-order valence-corrected chi connectivity index (χ1v) is 7.63. The SMILES string of the molecule is CN1Cc2nn(Cc3cccnc3)c(-c3ccccc3F)c2C1. The molecule has 1 aliphatic rings. The molecule has 0 bridgehead atoms. The van der Waals surface area contributed by atoms with Gasteiger partial charge in [-0.2, -0.15) is 5.10 Å². The van der Waals surface area contributed by atoms with E-state index in [0.717, 1.165) is 35.6 Å². The summed E-state index contributed by atoms with van der Waals surface area (Å²) < 4.78 is 16.3. The molecule has 116 valence electrons. The molecule has 0 radical (unpaired) electrons. The molecule has 0 saturated heterocycles. The van der Waals surface area contributed by atoms with Gasteiger partial charge < -0.3 is 0 Å². The predicted molar refractivity (Wildman–Crippen MR) is 86.1 cm³/mol. The van der Waals surface area contributed by atoms with Gasteiger partial charge in [0, 0.05) is 36.6 Å². The Labute approximate surface area is 134 Å². The summed E-state index contributed by atoms with van der Waals surface area (Å²) in [7, 11) is 2.05. The summed E-state index contributed by atoms with van der Waals surface area (Å²) in [6.07, 6.45) is 3.57. The van der Waals surface area contributed by atoms with Crippen LogP contribution >= 0.6 is 0 Å². The van der Waals surface area contributed by atoms with Gasteiger partial charge in [0.2, 0.25) is 0 Å². The summed E-state index contributed by atoms with van der Waals surface area (Å²) in [6, 6.07) is 10.8. The van der Waals surface area contributed by atoms with Gasteiger partial charge in [0.1, 0.15) is 5.82 Å². The van der Waals surface area contributed by atoms with Crippen LogP contribution in [0.4, 0.5) is 4.39 Å². The summed E-state index contributed by atoms with van der Waals surface area (Å²) in [6.45, 7) is 2.19. The van der Waals surface area contributed by atoms with E-state index in [2.05, 4.69) is 16.9 Å². The van der Waals surface area contributed by atoms with Crippen molar-refractivity contribution in [3.8, 4) is 11.3 Å². The van der Waals surface area contributed by atoms with E-state index in [0.29, 0.717) is 12.1 Å². The molecule has 4 nitrogen and oxygen atoms in total. The van der Waals surface area contributed by atoms with Gasteiger partial charge in [-0.1, -0.05) is 18.2 Å². The molecule has 3 aromatic rings. The fourth-order valence-electron chi connectivity index (χ4n) is 3.16. The maximum Gasteiger partial charge on any atom is 0.132 e. The fourth-order valence-corrected chi connectivity index (χ4v) is 3.16. The van der Waals surface area contributed by atoms with Crippen LogP contribution in [0.25, 0.3) is 11.3 Å². The van der Waals surface area contributed by atoms with Crippen molar-refractivity contribution in [3.63, 3.8) is 0 Å². The van der Waals surface area contributed by atoms with E-state index in [1.807, 2.05) is 35.1 Å². The number of pyridine rings is 1. The van der Waals surface area contributed by atoms with E-state index in [4.69, 9.17) is 5.10 Å². The topological polar surface area (TPSA) is 34.0 Å². The van der Waals surface area contributed by atoms with Crippen molar-refractivity contribution in [1.29, 1.82) is 0 Å². The Morgan fingerprint density at radius 2 is 2.00 bits per heavy atom. The predicted octanol–water partition coefficient (Wildman–Crippen LogP) is 3.08. The molecule has 0 saturated carbocycles. The third-order valence-corrected chi connectivity index (χ3v) is 4.17. The van der Waals surface area contributed by atoms with Crippen LogP contribution in [0.3, 0.4) is 0 Å². The van der Waals surface area contributed by atoms with Crippen molar-refractivity contribution in [2.24, 2.45) is 0 Å². The quantitative estimate of drug-likeness (QED) is 0.745. The first-order chi connectivity index (χ1) is 11.2. The second-order valence-electron chi connectivity index (χ2n) is 5.94. The highest BCUT2D eigenvalue weighted by atomic mass is 19.1.